The molecule has 2 nitrogen and oxygen atoms in total. The summed E-state index contributed by atoms with van der Waals surface area (Å²) >= 11 is 1.57. The number of carbonyl (C=O) groups is 1. The van der Waals surface area contributed by atoms with E-state index in [1.807, 2.05) is 65.6 Å². The van der Waals surface area contributed by atoms with Crippen molar-refractivity contribution in [1.82, 2.24) is 4.90 Å². The summed E-state index contributed by atoms with van der Waals surface area (Å²) in [7, 11) is 0. The molecule has 0 bridgehead atoms. The molecule has 0 spiro atoms. The molecule has 0 radical (unpaired) electrons. The molecule has 0 atom stereocenters. The molecule has 2 aromatic carbocycles. The van der Waals surface area contributed by atoms with E-state index in [-0.39, 0.29) is 5.91 Å². The van der Waals surface area contributed by atoms with Gasteiger partial charge < -0.3 is 4.90 Å². The molecule has 0 aliphatic rings. The van der Waals surface area contributed by atoms with Crippen LogP contribution in [0.15, 0.2) is 78.2 Å². The lowest BCUT2D eigenvalue weighted by atomic mass is 10.2. The van der Waals surface area contributed by atoms with Gasteiger partial charge in [0.1, 0.15) is 0 Å². The minimum absolute atomic E-state index is 0.132. The van der Waals surface area contributed by atoms with E-state index in [1.165, 1.54) is 0 Å². The second-order valence-electron chi connectivity index (χ2n) is 4.65. The summed E-state index contributed by atoms with van der Waals surface area (Å²) in [5.74, 6) is 0.581. The van der Waals surface area contributed by atoms with Gasteiger partial charge in [0.2, 0.25) is 5.91 Å². The van der Waals surface area contributed by atoms with Crippen LogP contribution in [0.25, 0.3) is 0 Å². The van der Waals surface area contributed by atoms with E-state index in [4.69, 9.17) is 0 Å². The van der Waals surface area contributed by atoms with Crippen LogP contribution in [-0.4, -0.2) is 23.1 Å². The number of amides is 1. The molecule has 0 N–H and O–H groups in total. The average molecular weight is 297 g/mol. The fourth-order valence-corrected chi connectivity index (χ4v) is 2.79. The Balaban J connectivity index is 1.94. The largest absolute Gasteiger partial charge is 0.334 e. The summed E-state index contributed by atoms with van der Waals surface area (Å²) in [4.78, 5) is 15.3. The lowest BCUT2D eigenvalue weighted by molar-refractivity contribution is -0.128. The van der Waals surface area contributed by atoms with Crippen LogP contribution in [0, 0.1) is 0 Å². The third kappa shape index (κ3) is 5.12. The van der Waals surface area contributed by atoms with Crippen molar-refractivity contribution in [3.63, 3.8) is 0 Å². The molecule has 0 aliphatic carbocycles. The van der Waals surface area contributed by atoms with Gasteiger partial charge in [-0.05, 0) is 17.7 Å². The van der Waals surface area contributed by atoms with Gasteiger partial charge in [0, 0.05) is 18.0 Å². The van der Waals surface area contributed by atoms with Crippen LogP contribution in [-0.2, 0) is 11.3 Å². The highest BCUT2D eigenvalue weighted by Crippen LogP contribution is 2.18. The molecule has 0 aliphatic heterocycles. The van der Waals surface area contributed by atoms with Crippen LogP contribution in [0.3, 0.4) is 0 Å². The van der Waals surface area contributed by atoms with Gasteiger partial charge in [0.05, 0.1) is 5.75 Å². The molecule has 0 heterocycles. The van der Waals surface area contributed by atoms with Crippen molar-refractivity contribution >= 4 is 17.7 Å². The van der Waals surface area contributed by atoms with E-state index in [0.717, 1.165) is 10.5 Å². The zero-order valence-electron chi connectivity index (χ0n) is 11.9. The van der Waals surface area contributed by atoms with Crippen molar-refractivity contribution < 1.29 is 4.79 Å². The molecule has 0 aromatic heterocycles. The first-order valence-corrected chi connectivity index (χ1v) is 7.88. The molecular weight excluding hydrogens is 278 g/mol. The summed E-state index contributed by atoms with van der Waals surface area (Å²) in [5, 5.41) is 0. The van der Waals surface area contributed by atoms with E-state index in [9.17, 15) is 4.79 Å². The van der Waals surface area contributed by atoms with E-state index in [2.05, 4.69) is 6.58 Å². The molecule has 0 fully saturated rings. The molecule has 21 heavy (non-hydrogen) atoms. The van der Waals surface area contributed by atoms with Gasteiger partial charge in [-0.2, -0.15) is 0 Å². The Kier molecular flexibility index (Phi) is 6.10. The fourth-order valence-electron chi connectivity index (χ4n) is 1.97. The summed E-state index contributed by atoms with van der Waals surface area (Å²) in [6.07, 6.45) is 1.77. The average Bonchev–Trinajstić information content (AvgIpc) is 2.54. The topological polar surface area (TPSA) is 20.3 Å². The van der Waals surface area contributed by atoms with Crippen LogP contribution in [0.1, 0.15) is 5.56 Å². The van der Waals surface area contributed by atoms with Crippen molar-refractivity contribution in [2.45, 2.75) is 11.4 Å². The minimum atomic E-state index is 0.132. The number of nitrogens with zero attached hydrogens (tertiary/aromatic N) is 1. The Bertz CT molecular complexity index is 568. The molecule has 2 aromatic rings. The molecule has 1 amide bonds. The highest BCUT2D eigenvalue weighted by atomic mass is 32.2. The number of benzene rings is 2. The summed E-state index contributed by atoms with van der Waals surface area (Å²) in [6, 6.07) is 20.0. The molecule has 0 saturated heterocycles. The van der Waals surface area contributed by atoms with Gasteiger partial charge in [-0.15, -0.1) is 18.3 Å². The fraction of sp³-hybridized carbons (Fsp3) is 0.167. The van der Waals surface area contributed by atoms with Crippen molar-refractivity contribution in [1.29, 1.82) is 0 Å². The van der Waals surface area contributed by atoms with Gasteiger partial charge in [-0.25, -0.2) is 0 Å². The lowest BCUT2D eigenvalue weighted by Crippen LogP contribution is -2.32. The van der Waals surface area contributed by atoms with Gasteiger partial charge in [0.25, 0.3) is 0 Å². The molecule has 108 valence electrons. The number of thioether (sulfide) groups is 1. The first-order chi connectivity index (χ1) is 10.3. The van der Waals surface area contributed by atoms with Crippen molar-refractivity contribution in [3.05, 3.63) is 78.9 Å². The highest BCUT2D eigenvalue weighted by Gasteiger charge is 2.12. The summed E-state index contributed by atoms with van der Waals surface area (Å²) in [6.45, 7) is 4.94. The maximum atomic E-state index is 12.4. The Morgan fingerprint density at radius 3 is 2.29 bits per heavy atom. The van der Waals surface area contributed by atoms with Crippen LogP contribution in [0.4, 0.5) is 0 Å². The van der Waals surface area contributed by atoms with Gasteiger partial charge in [0.15, 0.2) is 0 Å². The van der Waals surface area contributed by atoms with Gasteiger partial charge in [-0.3, -0.25) is 4.79 Å². The van der Waals surface area contributed by atoms with E-state index < -0.39 is 0 Å². The van der Waals surface area contributed by atoms with Crippen LogP contribution in [0.2, 0.25) is 0 Å². The number of hydrogen-bond acceptors (Lipinski definition) is 2. The second-order valence-corrected chi connectivity index (χ2v) is 5.70. The highest BCUT2D eigenvalue weighted by molar-refractivity contribution is 8.00. The van der Waals surface area contributed by atoms with Gasteiger partial charge >= 0.3 is 0 Å². The van der Waals surface area contributed by atoms with Crippen LogP contribution < -0.4 is 0 Å². The smallest absolute Gasteiger partial charge is 0.233 e. The minimum Gasteiger partial charge on any atom is -0.334 e. The zero-order chi connectivity index (χ0) is 14.9. The Labute approximate surface area is 130 Å². The normalized spacial score (nSPS) is 10.1. The van der Waals surface area contributed by atoms with Crippen molar-refractivity contribution in [2.24, 2.45) is 0 Å². The number of rotatable bonds is 7. The standard InChI is InChI=1S/C18H19NOS/c1-2-13-19(14-16-9-5-3-6-10-16)18(20)15-21-17-11-7-4-8-12-17/h2-12H,1,13-15H2. The Morgan fingerprint density at radius 2 is 1.67 bits per heavy atom. The molecule has 3 heteroatoms. The molecule has 0 unspecified atom stereocenters. The number of carbonyl (C=O) groups excluding carboxylic acids is 1. The lowest BCUT2D eigenvalue weighted by Gasteiger charge is -2.21. The first kappa shape index (κ1) is 15.4. The van der Waals surface area contributed by atoms with Crippen molar-refractivity contribution in [3.8, 4) is 0 Å². The molecule has 0 saturated carbocycles. The molecular formula is C18H19NOS. The second kappa shape index (κ2) is 8.32. The predicted molar refractivity (Wildman–Crippen MR) is 89.2 cm³/mol. The van der Waals surface area contributed by atoms with Crippen LogP contribution >= 0.6 is 11.8 Å². The van der Waals surface area contributed by atoms with Gasteiger partial charge in [-0.1, -0.05) is 54.6 Å². The third-order valence-electron chi connectivity index (χ3n) is 3.02. The Morgan fingerprint density at radius 1 is 1.05 bits per heavy atom. The van der Waals surface area contributed by atoms with Crippen molar-refractivity contribution in [2.75, 3.05) is 12.3 Å². The molecule has 2 rings (SSSR count). The maximum absolute atomic E-state index is 12.4. The quantitative estimate of drug-likeness (QED) is 0.569. The third-order valence-corrected chi connectivity index (χ3v) is 4.02. The summed E-state index contributed by atoms with van der Waals surface area (Å²) < 4.78 is 0. The monoisotopic (exact) mass is 297 g/mol. The van der Waals surface area contributed by atoms with Crippen LogP contribution in [0.5, 0.6) is 0 Å². The Hall–Kier alpha value is -2.00. The van der Waals surface area contributed by atoms with E-state index >= 15 is 0 Å². The van der Waals surface area contributed by atoms with E-state index in [0.29, 0.717) is 18.8 Å². The maximum Gasteiger partial charge on any atom is 0.233 e. The SMILES string of the molecule is C=CCN(Cc1ccccc1)C(=O)CSc1ccccc1. The number of hydrogen-bond donors (Lipinski definition) is 0. The van der Waals surface area contributed by atoms with E-state index in [1.54, 1.807) is 17.8 Å². The predicted octanol–water partition coefficient (Wildman–Crippen LogP) is 3.99. The first-order valence-electron chi connectivity index (χ1n) is 6.90. The zero-order valence-corrected chi connectivity index (χ0v) is 12.8. The summed E-state index contributed by atoms with van der Waals surface area (Å²) in [5.41, 5.74) is 1.14.